The maximum Gasteiger partial charge on any atom is 0.0686 e. The van der Waals surface area contributed by atoms with Gasteiger partial charge in [0, 0.05) is 10.2 Å². The summed E-state index contributed by atoms with van der Waals surface area (Å²) in [5.74, 6) is 6.47. The minimum atomic E-state index is 0.151. The molecule has 3 nitrogen and oxygen atoms in total. The van der Waals surface area contributed by atoms with Crippen molar-refractivity contribution in [2.75, 3.05) is 6.61 Å². The smallest absolute Gasteiger partial charge is 0.0686 e. The van der Waals surface area contributed by atoms with Gasteiger partial charge in [-0.2, -0.15) is 0 Å². The molecule has 2 atom stereocenters. The normalized spacial score (nSPS) is 26.8. The quantitative estimate of drug-likeness (QED) is 0.475. The number of hydrazine groups is 1. The topological polar surface area (TPSA) is 47.3 Å². The zero-order chi connectivity index (χ0) is 14.0. The van der Waals surface area contributed by atoms with Crippen LogP contribution in [0.5, 0.6) is 0 Å². The predicted molar refractivity (Wildman–Crippen MR) is 89.1 cm³/mol. The Kier molecular flexibility index (Phi) is 4.65. The lowest BCUT2D eigenvalue weighted by molar-refractivity contribution is -0.0982. The number of nitrogens with two attached hydrogens (primary N) is 1. The predicted octanol–water partition coefficient (Wildman–Crippen LogP) is 3.54. The molecule has 3 rings (SSSR count). The Morgan fingerprint density at radius 3 is 2.75 bits per heavy atom. The molecule has 1 aromatic carbocycles. The van der Waals surface area contributed by atoms with Gasteiger partial charge in [-0.25, -0.2) is 0 Å². The van der Waals surface area contributed by atoms with Crippen molar-refractivity contribution in [3.8, 4) is 0 Å². The summed E-state index contributed by atoms with van der Waals surface area (Å²) in [5, 5.41) is 0. The first kappa shape index (κ1) is 14.8. The van der Waals surface area contributed by atoms with E-state index in [1.165, 1.54) is 34.8 Å². The molecule has 0 bridgehead atoms. The highest BCUT2D eigenvalue weighted by Crippen LogP contribution is 2.45. The summed E-state index contributed by atoms with van der Waals surface area (Å²) < 4.78 is 7.44. The van der Waals surface area contributed by atoms with Crippen LogP contribution in [0.4, 0.5) is 0 Å². The first-order valence-corrected chi connectivity index (χ1v) is 8.66. The largest absolute Gasteiger partial charge is 0.375 e. The van der Waals surface area contributed by atoms with Gasteiger partial charge in [0.1, 0.15) is 0 Å². The number of benzene rings is 1. The van der Waals surface area contributed by atoms with E-state index in [1.54, 1.807) is 0 Å². The molecule has 1 aromatic rings. The number of halogens is 1. The Morgan fingerprint density at radius 1 is 1.30 bits per heavy atom. The van der Waals surface area contributed by atoms with Crippen LogP contribution in [0.25, 0.3) is 0 Å². The molecule has 0 radical (unpaired) electrons. The second-order valence-corrected chi connectivity index (χ2v) is 7.32. The van der Waals surface area contributed by atoms with E-state index in [0.29, 0.717) is 5.92 Å². The molecule has 0 aromatic heterocycles. The van der Waals surface area contributed by atoms with E-state index in [2.05, 4.69) is 52.3 Å². The first-order valence-electron chi connectivity index (χ1n) is 7.59. The number of rotatable bonds is 3. The number of nitrogens with one attached hydrogen (secondary N) is 1. The second-order valence-electron chi connectivity index (χ2n) is 6.16. The van der Waals surface area contributed by atoms with Crippen LogP contribution in [0.3, 0.4) is 0 Å². The summed E-state index contributed by atoms with van der Waals surface area (Å²) in [6, 6.07) is 8.78. The minimum absolute atomic E-state index is 0.151. The lowest BCUT2D eigenvalue weighted by Gasteiger charge is -2.41. The molecule has 4 heteroatoms. The lowest BCUT2D eigenvalue weighted by Crippen LogP contribution is -2.43. The zero-order valence-corrected chi connectivity index (χ0v) is 13.9. The van der Waals surface area contributed by atoms with Gasteiger partial charge >= 0.3 is 0 Å². The Labute approximate surface area is 134 Å². The molecule has 1 saturated heterocycles. The molecule has 2 aliphatic rings. The fourth-order valence-electron chi connectivity index (χ4n) is 3.93. The highest BCUT2D eigenvalue weighted by molar-refractivity contribution is 14.1. The van der Waals surface area contributed by atoms with Gasteiger partial charge in [0.05, 0.1) is 11.6 Å². The molecular weight excluding hydrogens is 363 g/mol. The van der Waals surface area contributed by atoms with Crippen molar-refractivity contribution < 1.29 is 4.74 Å². The number of hydrogen-bond acceptors (Lipinski definition) is 3. The van der Waals surface area contributed by atoms with Gasteiger partial charge in [-0.15, -0.1) is 0 Å². The van der Waals surface area contributed by atoms with Gasteiger partial charge in [-0.3, -0.25) is 11.3 Å². The fourth-order valence-corrected chi connectivity index (χ4v) is 4.65. The van der Waals surface area contributed by atoms with Crippen LogP contribution in [0.1, 0.15) is 50.1 Å². The molecule has 1 aliphatic heterocycles. The Balaban J connectivity index is 1.81. The van der Waals surface area contributed by atoms with Crippen molar-refractivity contribution in [2.24, 2.45) is 11.8 Å². The van der Waals surface area contributed by atoms with Gasteiger partial charge in [0.25, 0.3) is 0 Å². The molecule has 1 spiro atoms. The summed E-state index contributed by atoms with van der Waals surface area (Å²) in [6.45, 7) is 0.881. The van der Waals surface area contributed by atoms with Crippen LogP contribution in [-0.4, -0.2) is 12.2 Å². The van der Waals surface area contributed by atoms with Crippen molar-refractivity contribution >= 4 is 22.6 Å². The third kappa shape index (κ3) is 2.89. The summed E-state index contributed by atoms with van der Waals surface area (Å²) >= 11 is 2.41. The van der Waals surface area contributed by atoms with Crippen molar-refractivity contribution in [1.29, 1.82) is 0 Å². The first-order chi connectivity index (χ1) is 9.74. The maximum atomic E-state index is 6.15. The highest BCUT2D eigenvalue weighted by Gasteiger charge is 2.42. The van der Waals surface area contributed by atoms with Crippen LogP contribution in [0.2, 0.25) is 0 Å². The fraction of sp³-hybridized carbons (Fsp3) is 0.625. The molecule has 20 heavy (non-hydrogen) atoms. The summed E-state index contributed by atoms with van der Waals surface area (Å²) in [7, 11) is 0. The zero-order valence-electron chi connectivity index (χ0n) is 11.8. The molecule has 2 unspecified atom stereocenters. The third-order valence-electron chi connectivity index (χ3n) is 4.94. The van der Waals surface area contributed by atoms with E-state index in [4.69, 9.17) is 10.6 Å². The van der Waals surface area contributed by atoms with Crippen molar-refractivity contribution in [3.05, 3.63) is 33.4 Å². The molecular formula is C16H23IN2O. The van der Waals surface area contributed by atoms with E-state index < -0.39 is 0 Å². The SMILES string of the molecule is NNC(c1ccccc1I)C1CCOC2(CCCC2)C1. The van der Waals surface area contributed by atoms with Crippen LogP contribution in [0, 0.1) is 9.49 Å². The summed E-state index contributed by atoms with van der Waals surface area (Å²) in [5.41, 5.74) is 4.56. The Hall–Kier alpha value is -0.170. The van der Waals surface area contributed by atoms with Crippen LogP contribution in [-0.2, 0) is 4.74 Å². The van der Waals surface area contributed by atoms with E-state index in [9.17, 15) is 0 Å². The molecule has 0 amide bonds. The van der Waals surface area contributed by atoms with Crippen LogP contribution < -0.4 is 11.3 Å². The third-order valence-corrected chi connectivity index (χ3v) is 5.92. The Bertz CT molecular complexity index is 460. The summed E-state index contributed by atoms with van der Waals surface area (Å²) in [4.78, 5) is 0. The van der Waals surface area contributed by atoms with E-state index in [1.807, 2.05) is 0 Å². The van der Waals surface area contributed by atoms with Gasteiger partial charge in [-0.05, 0) is 65.8 Å². The second kappa shape index (κ2) is 6.30. The van der Waals surface area contributed by atoms with Crippen LogP contribution >= 0.6 is 22.6 Å². The molecule has 2 fully saturated rings. The monoisotopic (exact) mass is 386 g/mol. The van der Waals surface area contributed by atoms with Gasteiger partial charge < -0.3 is 4.74 Å². The molecule has 1 aliphatic carbocycles. The highest BCUT2D eigenvalue weighted by atomic mass is 127. The molecule has 3 N–H and O–H groups in total. The van der Waals surface area contributed by atoms with Gasteiger partial charge in [-0.1, -0.05) is 31.0 Å². The molecule has 1 saturated carbocycles. The van der Waals surface area contributed by atoms with E-state index in [0.717, 1.165) is 19.4 Å². The summed E-state index contributed by atoms with van der Waals surface area (Å²) in [6.07, 6.45) is 7.33. The maximum absolute atomic E-state index is 6.15. The molecule has 1 heterocycles. The number of ether oxygens (including phenoxy) is 1. The van der Waals surface area contributed by atoms with E-state index in [-0.39, 0.29) is 11.6 Å². The standard InChI is InChI=1S/C16H23IN2O/c17-14-6-2-1-5-13(14)15(19-18)12-7-10-20-16(11-12)8-3-4-9-16/h1-2,5-6,12,15,19H,3-4,7-11,18H2. The average Bonchev–Trinajstić information content (AvgIpc) is 2.90. The van der Waals surface area contributed by atoms with Gasteiger partial charge in [0.2, 0.25) is 0 Å². The lowest BCUT2D eigenvalue weighted by atomic mass is 9.79. The number of hydrogen-bond donors (Lipinski definition) is 2. The Morgan fingerprint density at radius 2 is 2.05 bits per heavy atom. The molecule has 110 valence electrons. The van der Waals surface area contributed by atoms with E-state index >= 15 is 0 Å². The average molecular weight is 386 g/mol. The van der Waals surface area contributed by atoms with Crippen LogP contribution in [0.15, 0.2) is 24.3 Å². The van der Waals surface area contributed by atoms with Crippen molar-refractivity contribution in [2.45, 2.75) is 50.2 Å². The minimum Gasteiger partial charge on any atom is -0.375 e. The van der Waals surface area contributed by atoms with Crippen molar-refractivity contribution in [3.63, 3.8) is 0 Å². The van der Waals surface area contributed by atoms with Crippen molar-refractivity contribution in [1.82, 2.24) is 5.43 Å². The van der Waals surface area contributed by atoms with Gasteiger partial charge in [0.15, 0.2) is 0 Å².